The van der Waals surface area contributed by atoms with E-state index in [0.29, 0.717) is 35.4 Å². The number of esters is 1. The summed E-state index contributed by atoms with van der Waals surface area (Å²) in [6.45, 7) is 1.85. The third-order valence-corrected chi connectivity index (χ3v) is 6.24. The number of benzene rings is 2. The minimum Gasteiger partial charge on any atom is -0.497 e. The molecule has 6 nitrogen and oxygen atoms in total. The molecule has 0 spiro atoms. The van der Waals surface area contributed by atoms with E-state index in [1.54, 1.807) is 14.2 Å². The van der Waals surface area contributed by atoms with E-state index in [9.17, 15) is 9.59 Å². The standard InChI is InChI=1S/C26H27NO5/c1-15-23(26(29)32-4)24(16-8-7-9-18(12-16)30-2)25-20(27-15)13-17(14-21(25)28)19-10-5-6-11-22(19)31-3/h5-12,17,24,27H,13-14H2,1-4H3/t17-,24-/m1/s1. The molecule has 0 fully saturated rings. The average Bonchev–Trinajstić information content (AvgIpc) is 2.82. The van der Waals surface area contributed by atoms with Crippen molar-refractivity contribution in [2.45, 2.75) is 31.6 Å². The number of nitrogens with one attached hydrogen (secondary N) is 1. The molecule has 2 aliphatic rings. The van der Waals surface area contributed by atoms with Gasteiger partial charge in [-0.2, -0.15) is 0 Å². The highest BCUT2D eigenvalue weighted by Gasteiger charge is 2.41. The van der Waals surface area contributed by atoms with Gasteiger partial charge in [0.05, 0.1) is 26.9 Å². The first kappa shape index (κ1) is 21.7. The van der Waals surface area contributed by atoms with Crippen LogP contribution in [0.15, 0.2) is 71.1 Å². The van der Waals surface area contributed by atoms with Gasteiger partial charge in [0.1, 0.15) is 11.5 Å². The molecule has 0 radical (unpaired) electrons. The van der Waals surface area contributed by atoms with Gasteiger partial charge < -0.3 is 19.5 Å². The van der Waals surface area contributed by atoms with Gasteiger partial charge >= 0.3 is 5.97 Å². The van der Waals surface area contributed by atoms with Gasteiger partial charge in [0, 0.05) is 35.2 Å². The van der Waals surface area contributed by atoms with Crippen LogP contribution in [-0.4, -0.2) is 33.1 Å². The van der Waals surface area contributed by atoms with Crippen molar-refractivity contribution in [2.24, 2.45) is 0 Å². The third kappa shape index (κ3) is 3.77. The average molecular weight is 434 g/mol. The number of rotatable bonds is 5. The minimum absolute atomic E-state index is 0.0105. The largest absolute Gasteiger partial charge is 0.497 e. The normalized spacial score (nSPS) is 20.4. The van der Waals surface area contributed by atoms with Crippen LogP contribution in [0.1, 0.15) is 42.7 Å². The smallest absolute Gasteiger partial charge is 0.336 e. The van der Waals surface area contributed by atoms with E-state index < -0.39 is 11.9 Å². The maximum atomic E-state index is 13.6. The van der Waals surface area contributed by atoms with E-state index in [2.05, 4.69) is 5.32 Å². The van der Waals surface area contributed by atoms with Gasteiger partial charge in [0.2, 0.25) is 0 Å². The van der Waals surface area contributed by atoms with Gasteiger partial charge in [-0.05, 0) is 42.7 Å². The molecule has 32 heavy (non-hydrogen) atoms. The van der Waals surface area contributed by atoms with E-state index in [1.165, 1.54) is 7.11 Å². The van der Waals surface area contributed by atoms with Gasteiger partial charge in [-0.15, -0.1) is 0 Å². The van der Waals surface area contributed by atoms with E-state index in [4.69, 9.17) is 14.2 Å². The minimum atomic E-state index is -0.514. The molecule has 1 N–H and O–H groups in total. The van der Waals surface area contributed by atoms with Crippen LogP contribution in [0.4, 0.5) is 0 Å². The molecule has 0 unspecified atom stereocenters. The Morgan fingerprint density at radius 3 is 2.50 bits per heavy atom. The van der Waals surface area contributed by atoms with Crippen LogP contribution in [-0.2, 0) is 14.3 Å². The number of para-hydroxylation sites is 1. The molecule has 6 heteroatoms. The number of ketones is 1. The lowest BCUT2D eigenvalue weighted by atomic mass is 9.71. The fourth-order valence-electron chi connectivity index (χ4n) is 4.80. The summed E-state index contributed by atoms with van der Waals surface area (Å²) in [5.41, 5.74) is 4.43. The zero-order chi connectivity index (χ0) is 22.8. The zero-order valence-corrected chi connectivity index (χ0v) is 18.7. The number of dihydropyridines is 1. The van der Waals surface area contributed by atoms with Crippen molar-refractivity contribution in [3.63, 3.8) is 0 Å². The second-order valence-electron chi connectivity index (χ2n) is 8.03. The van der Waals surface area contributed by atoms with Crippen LogP contribution < -0.4 is 14.8 Å². The molecule has 2 aromatic rings. The van der Waals surface area contributed by atoms with E-state index in [1.807, 2.05) is 55.5 Å². The van der Waals surface area contributed by atoms with Crippen molar-refractivity contribution >= 4 is 11.8 Å². The van der Waals surface area contributed by atoms with E-state index in [0.717, 1.165) is 22.6 Å². The van der Waals surface area contributed by atoms with Crippen LogP contribution in [0, 0.1) is 0 Å². The van der Waals surface area contributed by atoms with Crippen LogP contribution in [0.5, 0.6) is 11.5 Å². The Hall–Kier alpha value is -3.54. The molecule has 0 amide bonds. The summed E-state index contributed by atoms with van der Waals surface area (Å²) < 4.78 is 16.0. The van der Waals surface area contributed by atoms with Crippen molar-refractivity contribution in [1.82, 2.24) is 5.32 Å². The highest BCUT2D eigenvalue weighted by molar-refractivity contribution is 6.04. The molecule has 166 valence electrons. The Morgan fingerprint density at radius 2 is 1.78 bits per heavy atom. The van der Waals surface area contributed by atoms with Crippen molar-refractivity contribution in [1.29, 1.82) is 0 Å². The number of hydrogen-bond donors (Lipinski definition) is 1. The summed E-state index contributed by atoms with van der Waals surface area (Å²) in [4.78, 5) is 26.3. The molecule has 2 aromatic carbocycles. The summed E-state index contributed by atoms with van der Waals surface area (Å²) in [6.07, 6.45) is 0.989. The number of allylic oxidation sites excluding steroid dienone is 3. The Labute approximate surface area is 187 Å². The molecule has 1 heterocycles. The van der Waals surface area contributed by atoms with Crippen molar-refractivity contribution < 1.29 is 23.8 Å². The van der Waals surface area contributed by atoms with Gasteiger partial charge in [-0.1, -0.05) is 30.3 Å². The van der Waals surface area contributed by atoms with Crippen molar-refractivity contribution in [2.75, 3.05) is 21.3 Å². The third-order valence-electron chi connectivity index (χ3n) is 6.24. The predicted molar refractivity (Wildman–Crippen MR) is 121 cm³/mol. The quantitative estimate of drug-likeness (QED) is 0.711. The topological polar surface area (TPSA) is 73.9 Å². The highest BCUT2D eigenvalue weighted by Crippen LogP contribution is 2.47. The molecule has 0 bridgehead atoms. The molecular formula is C26H27NO5. The number of Topliss-reactive ketones (excluding diaryl/α,β-unsaturated/α-hetero) is 1. The maximum Gasteiger partial charge on any atom is 0.336 e. The fourth-order valence-corrected chi connectivity index (χ4v) is 4.80. The molecular weight excluding hydrogens is 406 g/mol. The summed E-state index contributed by atoms with van der Waals surface area (Å²) in [6, 6.07) is 15.3. The Balaban J connectivity index is 1.82. The van der Waals surface area contributed by atoms with Crippen molar-refractivity contribution in [3.8, 4) is 11.5 Å². The Bertz CT molecular complexity index is 1130. The van der Waals surface area contributed by atoms with Crippen LogP contribution in [0.2, 0.25) is 0 Å². The van der Waals surface area contributed by atoms with Gasteiger partial charge in [0.15, 0.2) is 5.78 Å². The number of hydrogen-bond acceptors (Lipinski definition) is 6. The Kier molecular flexibility index (Phi) is 6.04. The molecule has 0 saturated heterocycles. The Morgan fingerprint density at radius 1 is 1.00 bits per heavy atom. The van der Waals surface area contributed by atoms with Gasteiger partial charge in [-0.3, -0.25) is 4.79 Å². The van der Waals surface area contributed by atoms with E-state index in [-0.39, 0.29) is 11.7 Å². The van der Waals surface area contributed by atoms with E-state index >= 15 is 0 Å². The predicted octanol–water partition coefficient (Wildman–Crippen LogP) is 4.24. The molecule has 0 saturated carbocycles. The molecule has 2 atom stereocenters. The lowest BCUT2D eigenvalue weighted by molar-refractivity contribution is -0.136. The second kappa shape index (κ2) is 8.91. The summed E-state index contributed by atoms with van der Waals surface area (Å²) >= 11 is 0. The van der Waals surface area contributed by atoms with Crippen LogP contribution in [0.3, 0.4) is 0 Å². The summed E-state index contributed by atoms with van der Waals surface area (Å²) in [7, 11) is 4.59. The molecule has 1 aliphatic heterocycles. The summed E-state index contributed by atoms with van der Waals surface area (Å²) in [5, 5.41) is 3.35. The first-order valence-electron chi connectivity index (χ1n) is 10.6. The number of methoxy groups -OCH3 is 3. The monoisotopic (exact) mass is 433 g/mol. The number of carbonyl (C=O) groups excluding carboxylic acids is 2. The highest BCUT2D eigenvalue weighted by atomic mass is 16.5. The summed E-state index contributed by atoms with van der Waals surface area (Å²) in [5.74, 6) is 0.478. The van der Waals surface area contributed by atoms with Gasteiger partial charge in [0.25, 0.3) is 0 Å². The lowest BCUT2D eigenvalue weighted by Crippen LogP contribution is -2.36. The SMILES string of the molecule is COC(=O)C1=C(C)NC2=C(C(=O)C[C@H](c3ccccc3OC)C2)[C@@H]1c1cccc(OC)c1. The zero-order valence-electron chi connectivity index (χ0n) is 18.7. The maximum absolute atomic E-state index is 13.6. The number of ether oxygens (including phenoxy) is 3. The number of carbonyl (C=O) groups is 2. The fraction of sp³-hybridized carbons (Fsp3) is 0.308. The van der Waals surface area contributed by atoms with Crippen LogP contribution in [0.25, 0.3) is 0 Å². The van der Waals surface area contributed by atoms with Gasteiger partial charge in [-0.25, -0.2) is 4.79 Å². The van der Waals surface area contributed by atoms with Crippen LogP contribution >= 0.6 is 0 Å². The molecule has 1 aliphatic carbocycles. The first-order valence-corrected chi connectivity index (χ1v) is 10.6. The lowest BCUT2D eigenvalue weighted by Gasteiger charge is -2.36. The first-order chi connectivity index (χ1) is 15.5. The molecule has 0 aromatic heterocycles. The van der Waals surface area contributed by atoms with Crippen molar-refractivity contribution in [3.05, 3.63) is 82.2 Å². The second-order valence-corrected chi connectivity index (χ2v) is 8.03. The molecule has 4 rings (SSSR count).